The lowest BCUT2D eigenvalue weighted by molar-refractivity contribution is 0.264. The molecule has 0 spiro atoms. The van der Waals surface area contributed by atoms with Crippen LogP contribution in [0.3, 0.4) is 0 Å². The quantitative estimate of drug-likeness (QED) is 0.557. The molecule has 0 heteroatoms. The Morgan fingerprint density at radius 1 is 1.00 bits per heavy atom. The summed E-state index contributed by atoms with van der Waals surface area (Å²) in [5.74, 6) is 0.724. The molecule has 15 heavy (non-hydrogen) atoms. The number of hydrogen-bond donors (Lipinski definition) is 0. The third-order valence-corrected chi connectivity index (χ3v) is 2.74. The molecule has 0 aromatic heterocycles. The van der Waals surface area contributed by atoms with E-state index in [0.29, 0.717) is 5.41 Å². The topological polar surface area (TPSA) is 0 Å². The molecule has 0 rings (SSSR count). The van der Waals surface area contributed by atoms with Gasteiger partial charge in [0.2, 0.25) is 0 Å². The largest absolute Gasteiger partial charge is 0.0910 e. The monoisotopic (exact) mass is 205 g/mol. The van der Waals surface area contributed by atoms with Crippen LogP contribution in [-0.4, -0.2) is 0 Å². The van der Waals surface area contributed by atoms with Gasteiger partial charge in [0.05, 0.1) is 0 Å². The molecule has 0 saturated carbocycles. The summed E-state index contributed by atoms with van der Waals surface area (Å²) in [6, 6.07) is 0. The molecular formula is C15H25. The lowest BCUT2D eigenvalue weighted by Crippen LogP contribution is -2.16. The summed E-state index contributed by atoms with van der Waals surface area (Å²) in [6.07, 6.45) is 15.7. The average Bonchev–Trinajstić information content (AvgIpc) is 2.14. The molecule has 0 saturated heterocycles. The first-order valence-corrected chi connectivity index (χ1v) is 5.76. The van der Waals surface area contributed by atoms with Crippen molar-refractivity contribution >= 4 is 0 Å². The SMILES string of the molecule is C/C=C\[CH]/C=C\C=CCC(C)C(C)(C)C. The van der Waals surface area contributed by atoms with E-state index in [0.717, 1.165) is 12.3 Å². The smallest absolute Gasteiger partial charge is 0.00472 e. The van der Waals surface area contributed by atoms with E-state index in [2.05, 4.69) is 52.0 Å². The van der Waals surface area contributed by atoms with Gasteiger partial charge in [-0.15, -0.1) is 0 Å². The highest BCUT2D eigenvalue weighted by atomic mass is 14.2. The highest BCUT2D eigenvalue weighted by Gasteiger charge is 2.17. The summed E-state index contributed by atoms with van der Waals surface area (Å²) in [7, 11) is 0. The maximum absolute atomic E-state index is 2.31. The van der Waals surface area contributed by atoms with Crippen molar-refractivity contribution in [2.75, 3.05) is 0 Å². The molecule has 0 heterocycles. The van der Waals surface area contributed by atoms with Crippen LogP contribution in [0.15, 0.2) is 36.5 Å². The first-order chi connectivity index (χ1) is 6.98. The van der Waals surface area contributed by atoms with Crippen molar-refractivity contribution in [3.63, 3.8) is 0 Å². The lowest BCUT2D eigenvalue weighted by atomic mass is 9.80. The summed E-state index contributed by atoms with van der Waals surface area (Å²) in [5.41, 5.74) is 0.408. The van der Waals surface area contributed by atoms with Crippen molar-refractivity contribution in [2.24, 2.45) is 11.3 Å². The third-order valence-electron chi connectivity index (χ3n) is 2.74. The number of rotatable bonds is 5. The van der Waals surface area contributed by atoms with E-state index < -0.39 is 0 Å². The van der Waals surface area contributed by atoms with Gasteiger partial charge in [0.25, 0.3) is 0 Å². The highest BCUT2D eigenvalue weighted by molar-refractivity contribution is 5.13. The minimum atomic E-state index is 0.408. The Labute approximate surface area is 95.8 Å². The maximum atomic E-state index is 2.31. The van der Waals surface area contributed by atoms with Gasteiger partial charge in [-0.1, -0.05) is 64.2 Å². The standard InChI is InChI=1S/C15H25/c1-6-7-8-9-10-11-12-13-14(2)15(3,4)5/h6-12,14H,13H2,1-5H3/b7-6-,10-9-,12-11?. The Balaban J connectivity index is 3.76. The van der Waals surface area contributed by atoms with Crippen LogP contribution in [-0.2, 0) is 0 Å². The van der Waals surface area contributed by atoms with Gasteiger partial charge in [0, 0.05) is 6.42 Å². The van der Waals surface area contributed by atoms with Gasteiger partial charge >= 0.3 is 0 Å². The molecule has 0 aliphatic heterocycles. The molecule has 1 atom stereocenters. The predicted octanol–water partition coefficient (Wildman–Crippen LogP) is 4.95. The van der Waals surface area contributed by atoms with E-state index in [-0.39, 0.29) is 0 Å². The molecule has 1 unspecified atom stereocenters. The summed E-state index contributed by atoms with van der Waals surface area (Å²) in [6.45, 7) is 11.2. The minimum Gasteiger partial charge on any atom is -0.0910 e. The fourth-order valence-electron chi connectivity index (χ4n) is 1.02. The lowest BCUT2D eigenvalue weighted by Gasteiger charge is -2.25. The molecule has 0 N–H and O–H groups in total. The van der Waals surface area contributed by atoms with E-state index in [1.54, 1.807) is 0 Å². The van der Waals surface area contributed by atoms with Crippen molar-refractivity contribution in [3.05, 3.63) is 42.9 Å². The van der Waals surface area contributed by atoms with Crippen LogP contribution >= 0.6 is 0 Å². The van der Waals surface area contributed by atoms with E-state index in [1.165, 1.54) is 0 Å². The number of hydrogen-bond acceptors (Lipinski definition) is 0. The molecule has 0 aliphatic carbocycles. The van der Waals surface area contributed by atoms with Crippen molar-refractivity contribution in [1.82, 2.24) is 0 Å². The zero-order valence-electron chi connectivity index (χ0n) is 10.8. The van der Waals surface area contributed by atoms with Crippen LogP contribution in [0.1, 0.15) is 41.0 Å². The Kier molecular flexibility index (Phi) is 7.11. The second-order valence-corrected chi connectivity index (χ2v) is 5.03. The van der Waals surface area contributed by atoms with E-state index in [1.807, 2.05) is 25.5 Å². The van der Waals surface area contributed by atoms with Crippen molar-refractivity contribution in [3.8, 4) is 0 Å². The van der Waals surface area contributed by atoms with Gasteiger partial charge in [0.15, 0.2) is 0 Å². The van der Waals surface area contributed by atoms with E-state index >= 15 is 0 Å². The van der Waals surface area contributed by atoms with Gasteiger partial charge in [-0.05, 0) is 24.7 Å². The molecular weight excluding hydrogens is 180 g/mol. The molecule has 0 bridgehead atoms. The molecule has 0 nitrogen and oxygen atoms in total. The Bertz CT molecular complexity index is 223. The van der Waals surface area contributed by atoms with Crippen molar-refractivity contribution < 1.29 is 0 Å². The van der Waals surface area contributed by atoms with Crippen LogP contribution in [0.25, 0.3) is 0 Å². The summed E-state index contributed by atoms with van der Waals surface area (Å²) >= 11 is 0. The first kappa shape index (κ1) is 14.2. The molecule has 0 amide bonds. The Hall–Kier alpha value is -0.780. The van der Waals surface area contributed by atoms with Crippen LogP contribution in [0.2, 0.25) is 0 Å². The fourth-order valence-corrected chi connectivity index (χ4v) is 1.02. The van der Waals surface area contributed by atoms with Gasteiger partial charge in [0.1, 0.15) is 0 Å². The molecule has 0 aromatic rings. The third kappa shape index (κ3) is 8.23. The van der Waals surface area contributed by atoms with Crippen molar-refractivity contribution in [2.45, 2.75) is 41.0 Å². The molecule has 1 radical (unpaired) electrons. The molecule has 0 fully saturated rings. The van der Waals surface area contributed by atoms with E-state index in [9.17, 15) is 0 Å². The zero-order chi connectivity index (χ0) is 11.7. The Morgan fingerprint density at radius 2 is 1.67 bits per heavy atom. The van der Waals surface area contributed by atoms with Gasteiger partial charge in [-0.3, -0.25) is 0 Å². The van der Waals surface area contributed by atoms with Crippen LogP contribution in [0.4, 0.5) is 0 Å². The maximum Gasteiger partial charge on any atom is 0.00472 e. The highest BCUT2D eigenvalue weighted by Crippen LogP contribution is 2.28. The second-order valence-electron chi connectivity index (χ2n) is 5.03. The second kappa shape index (κ2) is 7.50. The van der Waals surface area contributed by atoms with Crippen LogP contribution in [0.5, 0.6) is 0 Å². The fraction of sp³-hybridized carbons (Fsp3) is 0.533. The first-order valence-electron chi connectivity index (χ1n) is 5.76. The Morgan fingerprint density at radius 3 is 2.20 bits per heavy atom. The molecule has 0 aliphatic rings. The molecule has 0 aromatic carbocycles. The van der Waals surface area contributed by atoms with Gasteiger partial charge in [-0.2, -0.15) is 0 Å². The minimum absolute atomic E-state index is 0.408. The zero-order valence-corrected chi connectivity index (χ0v) is 10.8. The van der Waals surface area contributed by atoms with Crippen LogP contribution in [0, 0.1) is 17.8 Å². The average molecular weight is 205 g/mol. The van der Waals surface area contributed by atoms with Crippen molar-refractivity contribution in [1.29, 1.82) is 0 Å². The molecule has 85 valence electrons. The van der Waals surface area contributed by atoms with Gasteiger partial charge < -0.3 is 0 Å². The summed E-state index contributed by atoms with van der Waals surface area (Å²) < 4.78 is 0. The van der Waals surface area contributed by atoms with Crippen LogP contribution < -0.4 is 0 Å². The van der Waals surface area contributed by atoms with Gasteiger partial charge in [-0.25, -0.2) is 0 Å². The predicted molar refractivity (Wildman–Crippen MR) is 70.6 cm³/mol. The number of allylic oxidation sites excluding steroid dienone is 6. The summed E-state index contributed by atoms with van der Waals surface area (Å²) in [4.78, 5) is 0. The van der Waals surface area contributed by atoms with E-state index in [4.69, 9.17) is 0 Å². The summed E-state index contributed by atoms with van der Waals surface area (Å²) in [5, 5.41) is 0. The normalized spacial score (nSPS) is 15.8.